The van der Waals surface area contributed by atoms with E-state index in [4.69, 9.17) is 14.2 Å². The Morgan fingerprint density at radius 1 is 0.267 bits per heavy atom. The molecule has 0 rings (SSSR count). The number of esters is 3. The summed E-state index contributed by atoms with van der Waals surface area (Å²) in [6, 6.07) is 0. The first-order valence-electron chi connectivity index (χ1n) is 33.5. The van der Waals surface area contributed by atoms with Crippen LogP contribution in [0.3, 0.4) is 0 Å². The molecular weight excluding hydrogens is 925 g/mol. The zero-order valence-electron chi connectivity index (χ0n) is 50.6. The van der Waals surface area contributed by atoms with Crippen LogP contribution in [0.4, 0.5) is 0 Å². The van der Waals surface area contributed by atoms with E-state index in [2.05, 4.69) is 57.2 Å². The number of rotatable bonds is 62. The van der Waals surface area contributed by atoms with E-state index in [0.29, 0.717) is 19.3 Å². The molecule has 0 aromatic rings. The molecule has 6 nitrogen and oxygen atoms in total. The number of ether oxygens (including phenoxy) is 3. The predicted molar refractivity (Wildman–Crippen MR) is 326 cm³/mol. The summed E-state index contributed by atoms with van der Waals surface area (Å²) >= 11 is 0. The third-order valence-electron chi connectivity index (χ3n) is 15.1. The number of carbonyl (C=O) groups excluding carboxylic acids is 3. The normalized spacial score (nSPS) is 12.2. The van der Waals surface area contributed by atoms with Gasteiger partial charge in [0.25, 0.3) is 0 Å². The van der Waals surface area contributed by atoms with Crippen molar-refractivity contribution in [1.29, 1.82) is 0 Å². The van der Waals surface area contributed by atoms with Gasteiger partial charge in [-0.05, 0) is 64.2 Å². The third-order valence-corrected chi connectivity index (χ3v) is 15.1. The largest absolute Gasteiger partial charge is 0.462 e. The fourth-order valence-electron chi connectivity index (χ4n) is 10.1. The van der Waals surface area contributed by atoms with Crippen LogP contribution in [-0.2, 0) is 28.6 Å². The highest BCUT2D eigenvalue weighted by atomic mass is 16.6. The molecule has 0 aromatic carbocycles. The van der Waals surface area contributed by atoms with Gasteiger partial charge in [0.1, 0.15) is 13.2 Å². The Hall–Kier alpha value is -2.37. The summed E-state index contributed by atoms with van der Waals surface area (Å²) in [6.45, 7) is 6.57. The molecule has 1 atom stereocenters. The highest BCUT2D eigenvalue weighted by Crippen LogP contribution is 2.18. The van der Waals surface area contributed by atoms with Gasteiger partial charge in [-0.25, -0.2) is 0 Å². The standard InChI is InChI=1S/C69H128O6/c1-4-7-10-13-16-19-22-24-25-26-27-28-29-30-31-32-33-34-35-36-37-38-39-40-41-42-43-45-47-50-53-56-59-62-68(71)74-65-66(64-73-67(70)61-58-55-52-49-46-21-18-15-12-9-6-3)75-69(72)63-60-57-54-51-48-44-23-20-17-14-11-8-5-2/h11,14-15,18,20,23,66H,4-10,12-13,16-17,19,21-22,24-65H2,1-3H3/b14-11-,18-15-,23-20-. The summed E-state index contributed by atoms with van der Waals surface area (Å²) in [4.78, 5) is 38.1. The van der Waals surface area contributed by atoms with Crippen molar-refractivity contribution < 1.29 is 28.6 Å². The van der Waals surface area contributed by atoms with Gasteiger partial charge < -0.3 is 14.2 Å². The van der Waals surface area contributed by atoms with E-state index in [1.165, 1.54) is 231 Å². The molecule has 0 aliphatic heterocycles. The Labute approximate surface area is 467 Å². The summed E-state index contributed by atoms with van der Waals surface area (Å²) in [6.07, 6.45) is 79.1. The fourth-order valence-corrected chi connectivity index (χ4v) is 10.1. The van der Waals surface area contributed by atoms with E-state index in [1.807, 2.05) is 0 Å². The molecule has 0 aromatic heterocycles. The molecule has 0 aliphatic carbocycles. The molecule has 0 aliphatic rings. The van der Waals surface area contributed by atoms with E-state index >= 15 is 0 Å². The maximum absolute atomic E-state index is 12.8. The average molecular weight is 1050 g/mol. The Morgan fingerprint density at radius 2 is 0.520 bits per heavy atom. The van der Waals surface area contributed by atoms with E-state index in [9.17, 15) is 14.4 Å². The molecule has 0 amide bonds. The molecule has 75 heavy (non-hydrogen) atoms. The van der Waals surface area contributed by atoms with Gasteiger partial charge in [-0.15, -0.1) is 0 Å². The van der Waals surface area contributed by atoms with Crippen LogP contribution >= 0.6 is 0 Å². The predicted octanol–water partition coefficient (Wildman–Crippen LogP) is 22.8. The molecule has 0 saturated heterocycles. The van der Waals surface area contributed by atoms with Crippen LogP contribution in [0.25, 0.3) is 0 Å². The van der Waals surface area contributed by atoms with Crippen molar-refractivity contribution in [2.24, 2.45) is 0 Å². The minimum absolute atomic E-state index is 0.0771. The molecule has 0 saturated carbocycles. The number of allylic oxidation sites excluding steroid dienone is 6. The lowest BCUT2D eigenvalue weighted by atomic mass is 10.0. The molecular formula is C69H128O6. The fraction of sp³-hybridized carbons (Fsp3) is 0.870. The molecule has 1 unspecified atom stereocenters. The molecule has 0 heterocycles. The summed E-state index contributed by atoms with van der Waals surface area (Å²) in [7, 11) is 0. The van der Waals surface area contributed by atoms with E-state index in [0.717, 1.165) is 96.3 Å². The Kier molecular flexibility index (Phi) is 62.1. The topological polar surface area (TPSA) is 78.9 Å². The van der Waals surface area contributed by atoms with Gasteiger partial charge in [-0.3, -0.25) is 14.4 Å². The highest BCUT2D eigenvalue weighted by molar-refractivity contribution is 5.71. The molecule has 0 fully saturated rings. The molecule has 0 bridgehead atoms. The number of unbranched alkanes of at least 4 members (excludes halogenated alkanes) is 45. The summed E-state index contributed by atoms with van der Waals surface area (Å²) < 4.78 is 16.9. The van der Waals surface area contributed by atoms with Crippen molar-refractivity contribution in [1.82, 2.24) is 0 Å². The van der Waals surface area contributed by atoms with Crippen LogP contribution in [0, 0.1) is 0 Å². The van der Waals surface area contributed by atoms with Gasteiger partial charge in [-0.2, -0.15) is 0 Å². The lowest BCUT2D eigenvalue weighted by Gasteiger charge is -2.18. The smallest absolute Gasteiger partial charge is 0.306 e. The monoisotopic (exact) mass is 1050 g/mol. The number of hydrogen-bond acceptors (Lipinski definition) is 6. The van der Waals surface area contributed by atoms with Crippen molar-refractivity contribution in [3.63, 3.8) is 0 Å². The van der Waals surface area contributed by atoms with Crippen LogP contribution in [0.5, 0.6) is 0 Å². The molecule has 0 radical (unpaired) electrons. The maximum Gasteiger partial charge on any atom is 0.306 e. The van der Waals surface area contributed by atoms with Crippen LogP contribution in [0.15, 0.2) is 36.5 Å². The van der Waals surface area contributed by atoms with E-state index < -0.39 is 6.10 Å². The minimum Gasteiger partial charge on any atom is -0.462 e. The van der Waals surface area contributed by atoms with Crippen molar-refractivity contribution in [2.75, 3.05) is 13.2 Å². The van der Waals surface area contributed by atoms with Gasteiger partial charge in [0.2, 0.25) is 0 Å². The zero-order chi connectivity index (χ0) is 54.3. The van der Waals surface area contributed by atoms with Crippen LogP contribution < -0.4 is 0 Å². The number of hydrogen-bond donors (Lipinski definition) is 0. The molecule has 440 valence electrons. The van der Waals surface area contributed by atoms with Crippen LogP contribution in [-0.4, -0.2) is 37.2 Å². The molecule has 6 heteroatoms. The summed E-state index contributed by atoms with van der Waals surface area (Å²) in [5, 5.41) is 0. The Bertz CT molecular complexity index is 1250. The van der Waals surface area contributed by atoms with E-state index in [-0.39, 0.29) is 31.1 Å². The first kappa shape index (κ1) is 72.6. The average Bonchev–Trinajstić information content (AvgIpc) is 3.41. The first-order valence-corrected chi connectivity index (χ1v) is 33.5. The second-order valence-electron chi connectivity index (χ2n) is 22.7. The van der Waals surface area contributed by atoms with Gasteiger partial charge in [-0.1, -0.05) is 320 Å². The van der Waals surface area contributed by atoms with Gasteiger partial charge >= 0.3 is 17.9 Å². The van der Waals surface area contributed by atoms with Crippen LogP contribution in [0.2, 0.25) is 0 Å². The third kappa shape index (κ3) is 62.4. The second kappa shape index (κ2) is 64.2. The Morgan fingerprint density at radius 3 is 0.840 bits per heavy atom. The Balaban J connectivity index is 4.00. The lowest BCUT2D eigenvalue weighted by molar-refractivity contribution is -0.167. The zero-order valence-corrected chi connectivity index (χ0v) is 50.6. The molecule has 0 spiro atoms. The van der Waals surface area contributed by atoms with Crippen molar-refractivity contribution >= 4 is 17.9 Å². The minimum atomic E-state index is -0.780. The van der Waals surface area contributed by atoms with Crippen molar-refractivity contribution in [3.8, 4) is 0 Å². The maximum atomic E-state index is 12.8. The second-order valence-corrected chi connectivity index (χ2v) is 22.7. The summed E-state index contributed by atoms with van der Waals surface area (Å²) in [5.41, 5.74) is 0. The quantitative estimate of drug-likeness (QED) is 0.0261. The van der Waals surface area contributed by atoms with Gasteiger partial charge in [0, 0.05) is 19.3 Å². The highest BCUT2D eigenvalue weighted by Gasteiger charge is 2.19. The molecule has 0 N–H and O–H groups in total. The van der Waals surface area contributed by atoms with Gasteiger partial charge in [0.05, 0.1) is 0 Å². The van der Waals surface area contributed by atoms with Crippen molar-refractivity contribution in [3.05, 3.63) is 36.5 Å². The number of carbonyl (C=O) groups is 3. The van der Waals surface area contributed by atoms with E-state index in [1.54, 1.807) is 0 Å². The first-order chi connectivity index (χ1) is 37.0. The SMILES string of the molecule is CCC/C=C\C/C=C\CCCCCCCC(=O)OC(COC(=O)CCCCCCC/C=C\CCCC)COC(=O)CCCCCCCCCCCCCCCCCCCCCCCCCCCCCCCCCCC. The lowest BCUT2D eigenvalue weighted by Crippen LogP contribution is -2.30. The van der Waals surface area contributed by atoms with Crippen LogP contribution in [0.1, 0.15) is 367 Å². The summed E-state index contributed by atoms with van der Waals surface area (Å²) in [5.74, 6) is -0.884. The van der Waals surface area contributed by atoms with Crippen molar-refractivity contribution in [2.45, 2.75) is 374 Å². The van der Waals surface area contributed by atoms with Gasteiger partial charge in [0.15, 0.2) is 6.10 Å².